The van der Waals surface area contributed by atoms with E-state index in [2.05, 4.69) is 15.9 Å². The van der Waals surface area contributed by atoms with Crippen LogP contribution in [0.1, 0.15) is 25.8 Å². The Morgan fingerprint density at radius 3 is 2.53 bits per heavy atom. The lowest BCUT2D eigenvalue weighted by Crippen LogP contribution is -2.22. The molecule has 0 spiro atoms. The Bertz CT molecular complexity index is 385. The molecule has 0 saturated carbocycles. The number of carboxylic acids is 1. The molecule has 2 N–H and O–H groups in total. The molecule has 0 unspecified atom stereocenters. The SMILES string of the molecule is CC(C)(CC(=O)O)c1ccc(O)cc1Br. The fourth-order valence-electron chi connectivity index (χ4n) is 1.53. The van der Waals surface area contributed by atoms with Crippen LogP contribution in [0.5, 0.6) is 5.75 Å². The molecule has 1 aromatic carbocycles. The van der Waals surface area contributed by atoms with E-state index in [4.69, 9.17) is 5.11 Å². The van der Waals surface area contributed by atoms with Gasteiger partial charge in [-0.2, -0.15) is 0 Å². The Labute approximate surface area is 96.9 Å². The Morgan fingerprint density at radius 2 is 2.07 bits per heavy atom. The van der Waals surface area contributed by atoms with Crippen LogP contribution in [-0.4, -0.2) is 16.2 Å². The summed E-state index contributed by atoms with van der Waals surface area (Å²) in [5.74, 6) is -0.670. The zero-order valence-electron chi connectivity index (χ0n) is 8.62. The van der Waals surface area contributed by atoms with Gasteiger partial charge in [-0.05, 0) is 17.7 Å². The van der Waals surface area contributed by atoms with Crippen LogP contribution in [0, 0.1) is 0 Å². The molecule has 0 heterocycles. The number of hydrogen-bond donors (Lipinski definition) is 2. The number of rotatable bonds is 3. The molecule has 0 bridgehead atoms. The monoisotopic (exact) mass is 272 g/mol. The molecule has 0 aliphatic carbocycles. The van der Waals surface area contributed by atoms with Crippen molar-refractivity contribution in [2.45, 2.75) is 25.7 Å². The third-order valence-electron chi connectivity index (χ3n) is 2.27. The number of aliphatic carboxylic acids is 1. The summed E-state index contributed by atoms with van der Waals surface area (Å²) in [5.41, 5.74) is 0.418. The number of phenolic OH excluding ortho intramolecular Hbond substituents is 1. The van der Waals surface area contributed by atoms with Crippen LogP contribution in [0.25, 0.3) is 0 Å². The third-order valence-corrected chi connectivity index (χ3v) is 2.93. The molecule has 0 amide bonds. The molecule has 0 aliphatic rings. The zero-order valence-corrected chi connectivity index (χ0v) is 10.2. The Hall–Kier alpha value is -1.03. The molecule has 82 valence electrons. The maximum absolute atomic E-state index is 10.7. The molecule has 0 aromatic heterocycles. The minimum Gasteiger partial charge on any atom is -0.508 e. The summed E-state index contributed by atoms with van der Waals surface area (Å²) in [5, 5.41) is 18.0. The number of aromatic hydroxyl groups is 1. The first-order valence-electron chi connectivity index (χ1n) is 4.54. The summed E-state index contributed by atoms with van der Waals surface area (Å²) in [4.78, 5) is 10.7. The third kappa shape index (κ3) is 2.96. The number of carboxylic acid groups (broad SMARTS) is 1. The summed E-state index contributed by atoms with van der Waals surface area (Å²) < 4.78 is 0.730. The number of halogens is 1. The minimum atomic E-state index is -0.833. The summed E-state index contributed by atoms with van der Waals surface area (Å²) in [6, 6.07) is 4.87. The number of phenols is 1. The first-order chi connectivity index (χ1) is 6.83. The van der Waals surface area contributed by atoms with Gasteiger partial charge in [-0.15, -0.1) is 0 Å². The van der Waals surface area contributed by atoms with Gasteiger partial charge in [0, 0.05) is 9.89 Å². The van der Waals surface area contributed by atoms with Gasteiger partial charge in [0.2, 0.25) is 0 Å². The van der Waals surface area contributed by atoms with E-state index in [1.165, 1.54) is 0 Å². The molecule has 0 radical (unpaired) electrons. The second-order valence-corrected chi connectivity index (χ2v) is 4.97. The van der Waals surface area contributed by atoms with Crippen molar-refractivity contribution in [3.05, 3.63) is 28.2 Å². The Kier molecular flexibility index (Phi) is 3.39. The lowest BCUT2D eigenvalue weighted by molar-refractivity contribution is -0.138. The van der Waals surface area contributed by atoms with Gasteiger partial charge in [0.15, 0.2) is 0 Å². The lowest BCUT2D eigenvalue weighted by atomic mass is 9.81. The van der Waals surface area contributed by atoms with Crippen LogP contribution in [0.2, 0.25) is 0 Å². The number of benzene rings is 1. The van der Waals surface area contributed by atoms with Crippen molar-refractivity contribution in [2.24, 2.45) is 0 Å². The van der Waals surface area contributed by atoms with E-state index >= 15 is 0 Å². The average molecular weight is 273 g/mol. The van der Waals surface area contributed by atoms with Gasteiger partial charge in [-0.3, -0.25) is 4.79 Å². The minimum absolute atomic E-state index is 0.0520. The predicted octanol–water partition coefficient (Wildman–Crippen LogP) is 2.91. The van der Waals surface area contributed by atoms with E-state index in [1.807, 2.05) is 13.8 Å². The highest BCUT2D eigenvalue weighted by Crippen LogP contribution is 2.34. The zero-order chi connectivity index (χ0) is 11.6. The van der Waals surface area contributed by atoms with E-state index in [9.17, 15) is 9.90 Å². The van der Waals surface area contributed by atoms with Crippen molar-refractivity contribution in [1.29, 1.82) is 0 Å². The smallest absolute Gasteiger partial charge is 0.304 e. The van der Waals surface area contributed by atoms with E-state index in [0.29, 0.717) is 0 Å². The van der Waals surface area contributed by atoms with Crippen molar-refractivity contribution in [3.8, 4) is 5.75 Å². The van der Waals surface area contributed by atoms with E-state index < -0.39 is 11.4 Å². The quantitative estimate of drug-likeness (QED) is 0.890. The van der Waals surface area contributed by atoms with Crippen molar-refractivity contribution in [1.82, 2.24) is 0 Å². The normalized spacial score (nSPS) is 11.4. The van der Waals surface area contributed by atoms with Crippen molar-refractivity contribution in [3.63, 3.8) is 0 Å². The second kappa shape index (κ2) is 4.23. The summed E-state index contributed by atoms with van der Waals surface area (Å²) in [6.07, 6.45) is 0.0520. The number of carbonyl (C=O) groups is 1. The highest BCUT2D eigenvalue weighted by molar-refractivity contribution is 9.10. The van der Waals surface area contributed by atoms with Crippen LogP contribution in [0.4, 0.5) is 0 Å². The summed E-state index contributed by atoms with van der Waals surface area (Å²) >= 11 is 3.32. The van der Waals surface area contributed by atoms with Gasteiger partial charge in [-0.1, -0.05) is 35.8 Å². The van der Waals surface area contributed by atoms with Crippen LogP contribution in [0.3, 0.4) is 0 Å². The highest BCUT2D eigenvalue weighted by atomic mass is 79.9. The van der Waals surface area contributed by atoms with E-state index in [-0.39, 0.29) is 12.2 Å². The molecule has 3 nitrogen and oxygen atoms in total. The molecule has 0 aliphatic heterocycles. The van der Waals surface area contributed by atoms with Gasteiger partial charge in [0.25, 0.3) is 0 Å². The maximum atomic E-state index is 10.7. The standard InChI is InChI=1S/C11H13BrO3/c1-11(2,6-10(14)15)8-4-3-7(13)5-9(8)12/h3-5,13H,6H2,1-2H3,(H,14,15). The molecule has 0 atom stereocenters. The maximum Gasteiger partial charge on any atom is 0.304 e. The van der Waals surface area contributed by atoms with Crippen LogP contribution < -0.4 is 0 Å². The van der Waals surface area contributed by atoms with E-state index in [1.54, 1.807) is 18.2 Å². The first-order valence-corrected chi connectivity index (χ1v) is 5.33. The Balaban J connectivity index is 3.09. The average Bonchev–Trinajstić information content (AvgIpc) is 1.99. The van der Waals surface area contributed by atoms with Gasteiger partial charge in [-0.25, -0.2) is 0 Å². The van der Waals surface area contributed by atoms with E-state index in [0.717, 1.165) is 10.0 Å². The van der Waals surface area contributed by atoms with Gasteiger partial charge < -0.3 is 10.2 Å². The molecular formula is C11H13BrO3. The molecule has 15 heavy (non-hydrogen) atoms. The van der Waals surface area contributed by atoms with Crippen molar-refractivity contribution >= 4 is 21.9 Å². The predicted molar refractivity (Wildman–Crippen MR) is 61.1 cm³/mol. The molecule has 4 heteroatoms. The topological polar surface area (TPSA) is 57.5 Å². The summed E-state index contributed by atoms with van der Waals surface area (Å²) in [6.45, 7) is 3.72. The van der Waals surface area contributed by atoms with Crippen LogP contribution in [0.15, 0.2) is 22.7 Å². The number of hydrogen-bond acceptors (Lipinski definition) is 2. The van der Waals surface area contributed by atoms with Crippen molar-refractivity contribution < 1.29 is 15.0 Å². The van der Waals surface area contributed by atoms with Crippen LogP contribution >= 0.6 is 15.9 Å². The van der Waals surface area contributed by atoms with Gasteiger partial charge in [0.05, 0.1) is 6.42 Å². The molecular weight excluding hydrogens is 260 g/mol. The molecule has 1 aromatic rings. The Morgan fingerprint density at radius 1 is 1.47 bits per heavy atom. The van der Waals surface area contributed by atoms with Gasteiger partial charge >= 0.3 is 5.97 Å². The molecule has 0 saturated heterocycles. The van der Waals surface area contributed by atoms with Crippen molar-refractivity contribution in [2.75, 3.05) is 0 Å². The summed E-state index contributed by atoms with van der Waals surface area (Å²) in [7, 11) is 0. The largest absolute Gasteiger partial charge is 0.508 e. The molecule has 1 rings (SSSR count). The first kappa shape index (κ1) is 12.0. The fourth-order valence-corrected chi connectivity index (χ4v) is 2.43. The molecule has 0 fully saturated rings. The fraction of sp³-hybridized carbons (Fsp3) is 0.364. The van der Waals surface area contributed by atoms with Gasteiger partial charge in [0.1, 0.15) is 5.75 Å². The lowest BCUT2D eigenvalue weighted by Gasteiger charge is -2.24. The second-order valence-electron chi connectivity index (χ2n) is 4.12. The van der Waals surface area contributed by atoms with Crippen LogP contribution in [-0.2, 0) is 10.2 Å². The highest BCUT2D eigenvalue weighted by Gasteiger charge is 2.26.